The molecule has 3 saturated carbocycles. The molecule has 1 N–H and O–H groups in total. The van der Waals surface area contributed by atoms with Crippen molar-refractivity contribution in [3.8, 4) is 0 Å². The average molecular weight is 429 g/mol. The summed E-state index contributed by atoms with van der Waals surface area (Å²) in [6, 6.07) is 0. The Bertz CT molecular complexity index is 772. The molecule has 0 amide bonds. The van der Waals surface area contributed by atoms with Crippen molar-refractivity contribution in [2.24, 2.45) is 46.3 Å². The molecule has 0 radical (unpaired) electrons. The molecule has 6 aliphatic rings. The topological polar surface area (TPSA) is 38.7 Å². The maximum atomic E-state index is 10.4. The van der Waals surface area contributed by atoms with Crippen molar-refractivity contribution in [2.45, 2.75) is 104 Å². The number of aliphatic hydroxyl groups excluding tert-OH is 1. The number of aliphatic hydroxyl groups is 1. The number of hydrogen-bond donors (Lipinski definition) is 1. The molecule has 4 fully saturated rings. The smallest absolute Gasteiger partial charge is 0.130 e. The number of hydrogen-bond acceptors (Lipinski definition) is 3. The third kappa shape index (κ3) is 2.88. The first-order valence-corrected chi connectivity index (χ1v) is 13.0. The zero-order valence-electron chi connectivity index (χ0n) is 20.6. The highest BCUT2D eigenvalue weighted by Gasteiger charge is 2.74. The monoisotopic (exact) mass is 428 g/mol. The predicted octanol–water partition coefficient (Wildman–Crippen LogP) is 6.47. The van der Waals surface area contributed by atoms with Gasteiger partial charge in [0, 0.05) is 23.7 Å². The molecule has 1 saturated heterocycles. The quantitative estimate of drug-likeness (QED) is 0.412. The zero-order chi connectivity index (χ0) is 22.2. The SMILES string of the molecule is CC(C)[C@@H](C)C=C[C@H](C)[C@H]1CC[C@@H]2[C@]1(C)CC[C@H]1[C@@]23C=C[C@@]2(C[C@@H](O)CC[C@]12C)OO3. The van der Waals surface area contributed by atoms with Crippen molar-refractivity contribution in [1.82, 2.24) is 0 Å². The lowest BCUT2D eigenvalue weighted by Gasteiger charge is -2.69. The lowest BCUT2D eigenvalue weighted by atomic mass is 9.43. The molecule has 4 aliphatic carbocycles. The standard InChI is InChI=1S/C28H44O3/c1-18(2)19(3)7-8-20(4)22-9-10-23-25(22,5)13-12-24-26(6)14-11-21(29)17-27(26)15-16-28(23,24)31-30-27/h7-8,15-16,18-24,29H,9-14,17H2,1-6H3/t19-,20-,21-,22+,23+,24+,25+,26+,27-,28+/m0/s1. The third-order valence-corrected chi connectivity index (χ3v) is 11.1. The molecule has 0 unspecified atom stereocenters. The zero-order valence-corrected chi connectivity index (χ0v) is 20.6. The van der Waals surface area contributed by atoms with E-state index in [9.17, 15) is 5.11 Å². The van der Waals surface area contributed by atoms with Crippen LogP contribution >= 0.6 is 0 Å². The molecule has 2 bridgehead atoms. The minimum Gasteiger partial charge on any atom is -0.393 e. The first-order chi connectivity index (χ1) is 14.6. The molecule has 2 spiro atoms. The van der Waals surface area contributed by atoms with Crippen LogP contribution < -0.4 is 0 Å². The summed E-state index contributed by atoms with van der Waals surface area (Å²) in [6.45, 7) is 14.4. The number of fused-ring (bicyclic) bond motifs is 2. The van der Waals surface area contributed by atoms with Crippen molar-refractivity contribution in [3.63, 3.8) is 0 Å². The lowest BCUT2D eigenvalue weighted by molar-refractivity contribution is -0.497. The highest BCUT2D eigenvalue weighted by molar-refractivity contribution is 5.33. The van der Waals surface area contributed by atoms with Gasteiger partial charge in [-0.1, -0.05) is 59.8 Å². The Morgan fingerprint density at radius 1 is 0.903 bits per heavy atom. The first kappa shape index (κ1) is 22.2. The van der Waals surface area contributed by atoms with Crippen LogP contribution in [0, 0.1) is 46.3 Å². The van der Waals surface area contributed by atoms with Gasteiger partial charge in [-0.3, -0.25) is 0 Å². The molecular weight excluding hydrogens is 384 g/mol. The van der Waals surface area contributed by atoms with Gasteiger partial charge in [0.05, 0.1) is 6.10 Å². The summed E-state index contributed by atoms with van der Waals surface area (Å²) in [5, 5.41) is 10.4. The predicted molar refractivity (Wildman–Crippen MR) is 124 cm³/mol. The molecule has 2 aliphatic heterocycles. The van der Waals surface area contributed by atoms with Crippen LogP contribution in [-0.4, -0.2) is 22.4 Å². The van der Waals surface area contributed by atoms with Crippen LogP contribution in [-0.2, 0) is 9.78 Å². The molecule has 0 aromatic carbocycles. The van der Waals surface area contributed by atoms with Crippen LogP contribution in [0.5, 0.6) is 0 Å². The minimum absolute atomic E-state index is 0.0663. The molecule has 0 aromatic heterocycles. The van der Waals surface area contributed by atoms with Crippen LogP contribution in [0.15, 0.2) is 24.3 Å². The fraction of sp³-hybridized carbons (Fsp3) is 0.857. The van der Waals surface area contributed by atoms with Crippen LogP contribution in [0.3, 0.4) is 0 Å². The van der Waals surface area contributed by atoms with E-state index in [2.05, 4.69) is 65.8 Å². The Kier molecular flexibility index (Phi) is 5.13. The third-order valence-electron chi connectivity index (χ3n) is 11.1. The Morgan fingerprint density at radius 3 is 2.35 bits per heavy atom. The number of allylic oxidation sites excluding steroid dienone is 2. The molecule has 174 valence electrons. The maximum absolute atomic E-state index is 10.4. The maximum Gasteiger partial charge on any atom is 0.130 e. The van der Waals surface area contributed by atoms with Gasteiger partial charge in [-0.05, 0) is 73.7 Å². The van der Waals surface area contributed by atoms with Crippen molar-refractivity contribution in [3.05, 3.63) is 24.3 Å². The first-order valence-electron chi connectivity index (χ1n) is 13.0. The van der Waals surface area contributed by atoms with E-state index in [1.165, 1.54) is 25.7 Å². The normalized spacial score (nSPS) is 52.8. The molecule has 2 heterocycles. The Morgan fingerprint density at radius 2 is 1.68 bits per heavy atom. The highest BCUT2D eigenvalue weighted by atomic mass is 17.2. The van der Waals surface area contributed by atoms with Crippen LogP contribution in [0.1, 0.15) is 86.5 Å². The van der Waals surface area contributed by atoms with E-state index in [1.54, 1.807) is 0 Å². The Balaban J connectivity index is 1.45. The summed E-state index contributed by atoms with van der Waals surface area (Å²) in [4.78, 5) is 12.8. The fourth-order valence-electron chi connectivity index (χ4n) is 8.71. The van der Waals surface area contributed by atoms with Gasteiger partial charge in [0.15, 0.2) is 0 Å². The van der Waals surface area contributed by atoms with E-state index in [0.717, 1.165) is 12.8 Å². The van der Waals surface area contributed by atoms with E-state index < -0.39 is 5.60 Å². The molecular formula is C28H44O3. The Hall–Kier alpha value is -0.640. The molecule has 6 rings (SSSR count). The van der Waals surface area contributed by atoms with Crippen molar-refractivity contribution < 1.29 is 14.9 Å². The van der Waals surface area contributed by atoms with Gasteiger partial charge in [-0.2, -0.15) is 0 Å². The minimum atomic E-state index is -0.439. The summed E-state index contributed by atoms with van der Waals surface area (Å²) < 4.78 is 0. The van der Waals surface area contributed by atoms with Gasteiger partial charge in [0.25, 0.3) is 0 Å². The molecule has 3 heteroatoms. The number of rotatable bonds is 4. The van der Waals surface area contributed by atoms with Crippen LogP contribution in [0.25, 0.3) is 0 Å². The van der Waals surface area contributed by atoms with E-state index in [4.69, 9.17) is 9.78 Å². The van der Waals surface area contributed by atoms with E-state index in [-0.39, 0.29) is 22.5 Å². The molecule has 3 nitrogen and oxygen atoms in total. The van der Waals surface area contributed by atoms with E-state index >= 15 is 0 Å². The van der Waals surface area contributed by atoms with Crippen molar-refractivity contribution in [2.75, 3.05) is 0 Å². The average Bonchev–Trinajstić information content (AvgIpc) is 3.09. The fourth-order valence-corrected chi connectivity index (χ4v) is 8.71. The summed E-state index contributed by atoms with van der Waals surface area (Å²) in [5.74, 6) is 3.64. The largest absolute Gasteiger partial charge is 0.393 e. The van der Waals surface area contributed by atoms with Crippen molar-refractivity contribution >= 4 is 0 Å². The summed E-state index contributed by atoms with van der Waals surface area (Å²) in [7, 11) is 0. The van der Waals surface area contributed by atoms with Gasteiger partial charge in [0.2, 0.25) is 0 Å². The lowest BCUT2D eigenvalue weighted by Crippen LogP contribution is -2.73. The van der Waals surface area contributed by atoms with Gasteiger partial charge in [0.1, 0.15) is 11.2 Å². The van der Waals surface area contributed by atoms with Gasteiger partial charge in [-0.15, -0.1) is 0 Å². The van der Waals surface area contributed by atoms with Crippen LogP contribution in [0.4, 0.5) is 0 Å². The summed E-state index contributed by atoms with van der Waals surface area (Å²) in [5.41, 5.74) is -0.366. The van der Waals surface area contributed by atoms with Crippen molar-refractivity contribution in [1.29, 1.82) is 0 Å². The molecule has 0 aromatic rings. The molecule has 10 atom stereocenters. The second-order valence-electron chi connectivity index (χ2n) is 12.7. The summed E-state index contributed by atoms with van der Waals surface area (Å²) >= 11 is 0. The van der Waals surface area contributed by atoms with E-state index in [0.29, 0.717) is 41.9 Å². The second kappa shape index (κ2) is 7.18. The second-order valence-corrected chi connectivity index (χ2v) is 12.7. The van der Waals surface area contributed by atoms with Gasteiger partial charge < -0.3 is 5.11 Å². The van der Waals surface area contributed by atoms with Crippen LogP contribution in [0.2, 0.25) is 0 Å². The van der Waals surface area contributed by atoms with E-state index in [1.807, 2.05) is 0 Å². The van der Waals surface area contributed by atoms with Gasteiger partial charge >= 0.3 is 0 Å². The molecule has 31 heavy (non-hydrogen) atoms. The Labute approximate surface area is 189 Å². The van der Waals surface area contributed by atoms with Gasteiger partial charge in [-0.25, -0.2) is 9.78 Å². The highest BCUT2D eigenvalue weighted by Crippen LogP contribution is 2.72. The summed E-state index contributed by atoms with van der Waals surface area (Å²) in [6.07, 6.45) is 17.0.